The lowest BCUT2D eigenvalue weighted by Gasteiger charge is -2.31. The molecule has 1 fully saturated rings. The third-order valence-corrected chi connectivity index (χ3v) is 5.02. The molecule has 0 spiro atoms. The Morgan fingerprint density at radius 3 is 2.50 bits per heavy atom. The molecule has 2 N–H and O–H groups in total. The lowest BCUT2D eigenvalue weighted by atomic mass is 9.88. The van der Waals surface area contributed by atoms with Gasteiger partial charge in [-0.3, -0.25) is 0 Å². The average molecular weight is 267 g/mol. The Morgan fingerprint density at radius 1 is 1.33 bits per heavy atom. The van der Waals surface area contributed by atoms with Crippen molar-refractivity contribution in [3.63, 3.8) is 0 Å². The van der Waals surface area contributed by atoms with Crippen molar-refractivity contribution in [2.24, 2.45) is 11.7 Å². The number of ether oxygens (including phenoxy) is 1. The third-order valence-electron chi connectivity index (χ3n) is 3.94. The van der Waals surface area contributed by atoms with Crippen molar-refractivity contribution in [2.75, 3.05) is 0 Å². The maximum absolute atomic E-state index is 6.31. The van der Waals surface area contributed by atoms with Gasteiger partial charge in [-0.2, -0.15) is 0 Å². The van der Waals surface area contributed by atoms with Gasteiger partial charge in [-0.25, -0.2) is 0 Å². The molecule has 0 saturated heterocycles. The van der Waals surface area contributed by atoms with E-state index in [-0.39, 0.29) is 12.1 Å². The van der Waals surface area contributed by atoms with Crippen LogP contribution in [-0.4, -0.2) is 12.1 Å². The minimum absolute atomic E-state index is 0.0571. The first-order chi connectivity index (χ1) is 8.58. The second-order valence-electron chi connectivity index (χ2n) is 5.77. The Hall–Kier alpha value is -0.380. The zero-order chi connectivity index (χ0) is 13.1. The Balaban J connectivity index is 2.01. The lowest BCUT2D eigenvalue weighted by molar-refractivity contribution is -0.0445. The quantitative estimate of drug-likeness (QED) is 0.893. The van der Waals surface area contributed by atoms with E-state index in [2.05, 4.69) is 32.2 Å². The summed E-state index contributed by atoms with van der Waals surface area (Å²) < 4.78 is 6.31. The minimum atomic E-state index is 0.0571. The first-order valence-electron chi connectivity index (χ1n) is 7.03. The summed E-state index contributed by atoms with van der Waals surface area (Å²) in [4.78, 5) is 1.31. The van der Waals surface area contributed by atoms with Crippen molar-refractivity contribution in [1.29, 1.82) is 0 Å². The smallest absolute Gasteiger partial charge is 0.107 e. The van der Waals surface area contributed by atoms with Crippen LogP contribution in [0, 0.1) is 12.8 Å². The normalized spacial score (nSPS) is 28.0. The van der Waals surface area contributed by atoms with E-state index in [0.29, 0.717) is 6.10 Å². The molecule has 102 valence electrons. The number of hydrogen-bond donors (Lipinski definition) is 1. The molecule has 0 aliphatic heterocycles. The topological polar surface area (TPSA) is 35.2 Å². The Bertz CT molecular complexity index is 366. The SMILES string of the molecule is Cc1ccsc1C(OC1CCC(C)CC1)C(C)N. The first kappa shape index (κ1) is 14.0. The second-order valence-corrected chi connectivity index (χ2v) is 6.71. The molecule has 2 nitrogen and oxygen atoms in total. The molecule has 2 unspecified atom stereocenters. The van der Waals surface area contributed by atoms with Gasteiger partial charge in [-0.1, -0.05) is 6.92 Å². The number of aryl methyl sites for hydroxylation is 1. The molecule has 1 heterocycles. The van der Waals surface area contributed by atoms with E-state index in [9.17, 15) is 0 Å². The molecule has 1 aliphatic rings. The van der Waals surface area contributed by atoms with Gasteiger partial charge in [0.25, 0.3) is 0 Å². The summed E-state index contributed by atoms with van der Waals surface area (Å²) in [5.41, 5.74) is 7.43. The monoisotopic (exact) mass is 267 g/mol. The largest absolute Gasteiger partial charge is 0.368 e. The molecule has 0 radical (unpaired) electrons. The number of thiophene rings is 1. The van der Waals surface area contributed by atoms with Crippen LogP contribution >= 0.6 is 11.3 Å². The standard InChI is InChI=1S/C15H25NOS/c1-10-4-6-13(7-5-10)17-14(12(3)16)15-11(2)8-9-18-15/h8-10,12-14H,4-7,16H2,1-3H3. The highest BCUT2D eigenvalue weighted by Gasteiger charge is 2.26. The van der Waals surface area contributed by atoms with Crippen molar-refractivity contribution in [3.8, 4) is 0 Å². The van der Waals surface area contributed by atoms with Crippen molar-refractivity contribution >= 4 is 11.3 Å². The van der Waals surface area contributed by atoms with Crippen molar-refractivity contribution in [3.05, 3.63) is 21.9 Å². The van der Waals surface area contributed by atoms with Crippen LogP contribution in [0.15, 0.2) is 11.4 Å². The fourth-order valence-corrected chi connectivity index (χ4v) is 3.75. The summed E-state index contributed by atoms with van der Waals surface area (Å²) in [6.45, 7) is 6.53. The summed E-state index contributed by atoms with van der Waals surface area (Å²) in [7, 11) is 0. The maximum Gasteiger partial charge on any atom is 0.107 e. The van der Waals surface area contributed by atoms with Gasteiger partial charge < -0.3 is 10.5 Å². The summed E-state index contributed by atoms with van der Waals surface area (Å²) in [6, 6.07) is 2.21. The molecule has 2 atom stereocenters. The molecule has 1 aromatic rings. The van der Waals surface area contributed by atoms with Crippen molar-refractivity contribution in [2.45, 2.75) is 64.7 Å². The van der Waals surface area contributed by atoms with Crippen LogP contribution in [0.5, 0.6) is 0 Å². The van der Waals surface area contributed by atoms with Gasteiger partial charge in [-0.05, 0) is 62.5 Å². The van der Waals surface area contributed by atoms with Gasteiger partial charge in [0.15, 0.2) is 0 Å². The van der Waals surface area contributed by atoms with Crippen molar-refractivity contribution < 1.29 is 4.74 Å². The third kappa shape index (κ3) is 3.34. The van der Waals surface area contributed by atoms with Crippen LogP contribution in [0.2, 0.25) is 0 Å². The highest BCUT2D eigenvalue weighted by Crippen LogP contribution is 2.34. The molecule has 0 aromatic carbocycles. The van der Waals surface area contributed by atoms with Gasteiger partial charge in [-0.15, -0.1) is 11.3 Å². The predicted octanol–water partition coefficient (Wildman–Crippen LogP) is 4.04. The highest BCUT2D eigenvalue weighted by molar-refractivity contribution is 7.10. The molecule has 2 rings (SSSR count). The molecule has 3 heteroatoms. The Morgan fingerprint density at radius 2 is 2.00 bits per heavy atom. The van der Waals surface area contributed by atoms with Gasteiger partial charge in [0.2, 0.25) is 0 Å². The maximum atomic E-state index is 6.31. The van der Waals surface area contributed by atoms with E-state index >= 15 is 0 Å². The molecular formula is C15H25NOS. The predicted molar refractivity (Wildman–Crippen MR) is 78.0 cm³/mol. The molecule has 18 heavy (non-hydrogen) atoms. The summed E-state index contributed by atoms with van der Waals surface area (Å²) in [6.07, 6.45) is 5.44. The zero-order valence-corrected chi connectivity index (χ0v) is 12.5. The van der Waals surface area contributed by atoms with E-state index in [0.717, 1.165) is 5.92 Å². The van der Waals surface area contributed by atoms with Gasteiger partial charge in [0.05, 0.1) is 6.10 Å². The fraction of sp³-hybridized carbons (Fsp3) is 0.733. The van der Waals surface area contributed by atoms with E-state index in [1.165, 1.54) is 36.1 Å². The van der Waals surface area contributed by atoms with E-state index in [1.807, 2.05) is 0 Å². The van der Waals surface area contributed by atoms with Gasteiger partial charge >= 0.3 is 0 Å². The summed E-state index contributed by atoms with van der Waals surface area (Å²) in [5, 5.41) is 2.13. The number of nitrogens with two attached hydrogens (primary N) is 1. The first-order valence-corrected chi connectivity index (χ1v) is 7.91. The van der Waals surface area contributed by atoms with Gasteiger partial charge in [0.1, 0.15) is 6.10 Å². The summed E-state index contributed by atoms with van der Waals surface area (Å²) >= 11 is 1.77. The van der Waals surface area contributed by atoms with Crippen LogP contribution in [0.3, 0.4) is 0 Å². The number of hydrogen-bond acceptors (Lipinski definition) is 3. The minimum Gasteiger partial charge on any atom is -0.368 e. The van der Waals surface area contributed by atoms with Crippen LogP contribution in [0.4, 0.5) is 0 Å². The highest BCUT2D eigenvalue weighted by atomic mass is 32.1. The second kappa shape index (κ2) is 6.18. The molecule has 0 amide bonds. The van der Waals surface area contributed by atoms with E-state index < -0.39 is 0 Å². The van der Waals surface area contributed by atoms with E-state index in [4.69, 9.17) is 10.5 Å². The molecule has 1 aliphatic carbocycles. The molecule has 0 bridgehead atoms. The molecular weight excluding hydrogens is 242 g/mol. The average Bonchev–Trinajstić information content (AvgIpc) is 2.74. The van der Waals surface area contributed by atoms with Crippen LogP contribution in [0.25, 0.3) is 0 Å². The van der Waals surface area contributed by atoms with Gasteiger partial charge in [0, 0.05) is 10.9 Å². The van der Waals surface area contributed by atoms with Crippen LogP contribution < -0.4 is 5.73 Å². The lowest BCUT2D eigenvalue weighted by Crippen LogP contribution is -2.31. The van der Waals surface area contributed by atoms with Crippen LogP contribution in [-0.2, 0) is 4.74 Å². The zero-order valence-electron chi connectivity index (χ0n) is 11.7. The van der Waals surface area contributed by atoms with Crippen LogP contribution in [0.1, 0.15) is 56.1 Å². The molecule has 1 saturated carbocycles. The molecule has 1 aromatic heterocycles. The Labute approximate surface area is 115 Å². The fourth-order valence-electron chi connectivity index (χ4n) is 2.67. The Kier molecular flexibility index (Phi) is 4.82. The van der Waals surface area contributed by atoms with Crippen molar-refractivity contribution in [1.82, 2.24) is 0 Å². The van der Waals surface area contributed by atoms with E-state index in [1.54, 1.807) is 11.3 Å². The summed E-state index contributed by atoms with van der Waals surface area (Å²) in [5.74, 6) is 0.863. The number of rotatable bonds is 4.